The molecule has 1 aromatic heterocycles. The highest BCUT2D eigenvalue weighted by atomic mass is 35.5. The first kappa shape index (κ1) is 43.1. The molecule has 7 fully saturated rings. The number of likely N-dealkylation sites (tertiary alicyclic amines) is 1. The predicted molar refractivity (Wildman–Crippen MR) is 230 cm³/mol. The summed E-state index contributed by atoms with van der Waals surface area (Å²) in [5.74, 6) is 1.76. The second kappa shape index (κ2) is 19.6. The van der Waals surface area contributed by atoms with Gasteiger partial charge in [-0.2, -0.15) is 0 Å². The molecule has 0 radical (unpaired) electrons. The number of carbonyl (C=O) groups excluding carboxylic acids is 4. The molecule has 6 aliphatic heterocycles. The van der Waals surface area contributed by atoms with E-state index in [-0.39, 0.29) is 70.2 Å². The van der Waals surface area contributed by atoms with Crippen LogP contribution in [-0.4, -0.2) is 149 Å². The molecular weight excluding hydrogens is 790 g/mol. The van der Waals surface area contributed by atoms with E-state index in [1.165, 1.54) is 0 Å². The van der Waals surface area contributed by atoms with Crippen molar-refractivity contribution >= 4 is 52.8 Å². The SMILES string of the molecule is CC1NC(NC2NCC(C(=O)NC3C(C)CCCC3Cl)S2)CC(N2CCN(C(=O)C3CCN(CC4CCN(c5cc(C6CCC(=O)NC6=O)ccn5)CC4)CC3)CC2)N1. The van der Waals surface area contributed by atoms with Gasteiger partial charge in [0.05, 0.1) is 35.0 Å². The minimum absolute atomic E-state index is 0.00529. The summed E-state index contributed by atoms with van der Waals surface area (Å²) in [5.41, 5.74) is 0.918. The highest BCUT2D eigenvalue weighted by Gasteiger charge is 2.39. The topological polar surface area (TPSA) is 166 Å². The number of rotatable bonds is 10. The van der Waals surface area contributed by atoms with Gasteiger partial charge in [-0.1, -0.05) is 13.3 Å². The van der Waals surface area contributed by atoms with Gasteiger partial charge in [-0.15, -0.1) is 23.4 Å². The third-order valence-electron chi connectivity index (χ3n) is 14.1. The lowest BCUT2D eigenvalue weighted by atomic mass is 9.85. The first-order valence-corrected chi connectivity index (χ1v) is 23.9. The summed E-state index contributed by atoms with van der Waals surface area (Å²) in [7, 11) is 0. The normalized spacial score (nSPS) is 34.8. The van der Waals surface area contributed by atoms with Crippen LogP contribution in [0.1, 0.15) is 89.5 Å². The average Bonchev–Trinajstić information content (AvgIpc) is 3.71. The Morgan fingerprint density at radius 3 is 2.47 bits per heavy atom. The van der Waals surface area contributed by atoms with Crippen molar-refractivity contribution in [1.29, 1.82) is 0 Å². The summed E-state index contributed by atoms with van der Waals surface area (Å²) in [6.45, 7) is 13.1. The van der Waals surface area contributed by atoms with Crippen LogP contribution in [0.4, 0.5) is 5.82 Å². The summed E-state index contributed by atoms with van der Waals surface area (Å²) in [6, 6.07) is 3.97. The van der Waals surface area contributed by atoms with E-state index in [9.17, 15) is 19.2 Å². The van der Waals surface area contributed by atoms with Crippen LogP contribution in [0.5, 0.6) is 0 Å². The van der Waals surface area contributed by atoms with Crippen molar-refractivity contribution in [2.24, 2.45) is 17.8 Å². The van der Waals surface area contributed by atoms with E-state index in [0.29, 0.717) is 37.1 Å². The van der Waals surface area contributed by atoms with Gasteiger partial charge < -0.3 is 20.0 Å². The standard InChI is InChI=1S/C42H66ClN11O4S/c1-26-4-3-5-32(43)38(26)50-40(57)33-24-45-42(59-33)48-34-23-36(47-27(2)46-34)53-18-20-54(21-19-53)41(58)29-11-14-51(15-12-29)25-28-9-16-52(17-10-28)35-22-30(8-13-44-35)31-6-7-37(55)49-39(31)56/h8,13,22,26-29,31-34,36,38,42,45-48H,3-7,9-12,14-21,23-25H2,1-2H3,(H,50,57)(H,49,55,56). The van der Waals surface area contributed by atoms with E-state index in [2.05, 4.69) is 70.3 Å². The van der Waals surface area contributed by atoms with Gasteiger partial charge in [-0.25, -0.2) is 4.98 Å². The number of pyridine rings is 1. The Balaban J connectivity index is 0.723. The molecule has 7 heterocycles. The van der Waals surface area contributed by atoms with Crippen molar-refractivity contribution in [2.75, 3.05) is 70.3 Å². The Bertz CT molecular complexity index is 1630. The number of piperazine rings is 1. The average molecular weight is 857 g/mol. The van der Waals surface area contributed by atoms with Gasteiger partial charge in [-0.05, 0) is 94.5 Å². The zero-order valence-corrected chi connectivity index (χ0v) is 36.5. The minimum Gasteiger partial charge on any atom is -0.357 e. The lowest BCUT2D eigenvalue weighted by Crippen LogP contribution is -2.68. The fourth-order valence-corrected chi connectivity index (χ4v) is 12.2. The highest BCUT2D eigenvalue weighted by Crippen LogP contribution is 2.32. The molecule has 59 heavy (non-hydrogen) atoms. The maximum Gasteiger partial charge on any atom is 0.234 e. The van der Waals surface area contributed by atoms with Gasteiger partial charge in [0.15, 0.2) is 0 Å². The van der Waals surface area contributed by atoms with Crippen molar-refractivity contribution in [3.63, 3.8) is 0 Å². The van der Waals surface area contributed by atoms with Crippen molar-refractivity contribution < 1.29 is 19.2 Å². The molecule has 6 N–H and O–H groups in total. The van der Waals surface area contributed by atoms with E-state index in [0.717, 1.165) is 122 Å². The number of amides is 4. The van der Waals surface area contributed by atoms with E-state index >= 15 is 0 Å². The van der Waals surface area contributed by atoms with Crippen LogP contribution < -0.4 is 36.8 Å². The van der Waals surface area contributed by atoms with Gasteiger partial charge in [0.2, 0.25) is 23.6 Å². The highest BCUT2D eigenvalue weighted by molar-refractivity contribution is 8.01. The van der Waals surface area contributed by atoms with E-state index in [4.69, 9.17) is 11.6 Å². The van der Waals surface area contributed by atoms with Crippen LogP contribution in [0.3, 0.4) is 0 Å². The number of thioether (sulfide) groups is 1. The van der Waals surface area contributed by atoms with E-state index < -0.39 is 0 Å². The smallest absolute Gasteiger partial charge is 0.234 e. The molecule has 326 valence electrons. The molecule has 0 bridgehead atoms. The Morgan fingerprint density at radius 2 is 1.73 bits per heavy atom. The molecule has 1 saturated carbocycles. The number of nitrogens with one attached hydrogen (secondary N) is 6. The molecule has 0 spiro atoms. The number of piperidine rings is 3. The van der Waals surface area contributed by atoms with Crippen molar-refractivity contribution in [1.82, 2.24) is 51.6 Å². The van der Waals surface area contributed by atoms with Gasteiger partial charge in [0, 0.05) is 83.4 Å². The van der Waals surface area contributed by atoms with Crippen molar-refractivity contribution in [2.45, 2.75) is 125 Å². The minimum atomic E-state index is -0.295. The summed E-state index contributed by atoms with van der Waals surface area (Å²) in [6.07, 6.45) is 11.3. The van der Waals surface area contributed by atoms with E-state index in [1.807, 2.05) is 12.1 Å². The number of aromatic nitrogens is 1. The van der Waals surface area contributed by atoms with Crippen LogP contribution in [0, 0.1) is 17.8 Å². The van der Waals surface area contributed by atoms with Gasteiger partial charge in [0.1, 0.15) is 11.3 Å². The lowest BCUT2D eigenvalue weighted by Gasteiger charge is -2.46. The summed E-state index contributed by atoms with van der Waals surface area (Å²) < 4.78 is 0. The number of carbonyl (C=O) groups is 4. The Hall–Kier alpha value is -2.57. The zero-order chi connectivity index (χ0) is 41.0. The zero-order valence-electron chi connectivity index (χ0n) is 34.9. The summed E-state index contributed by atoms with van der Waals surface area (Å²) in [4.78, 5) is 65.1. The number of imide groups is 1. The maximum absolute atomic E-state index is 13.7. The quantitative estimate of drug-likeness (QED) is 0.149. The Kier molecular flexibility index (Phi) is 14.3. The number of hydrogen-bond acceptors (Lipinski definition) is 13. The molecule has 1 aromatic rings. The summed E-state index contributed by atoms with van der Waals surface area (Å²) >= 11 is 8.26. The van der Waals surface area contributed by atoms with Crippen LogP contribution in [0.2, 0.25) is 0 Å². The molecule has 8 rings (SSSR count). The molecule has 7 aliphatic rings. The maximum atomic E-state index is 13.7. The Morgan fingerprint density at radius 1 is 0.949 bits per heavy atom. The molecular formula is C42H66ClN11O4S. The molecule has 9 atom stereocenters. The molecule has 17 heteroatoms. The second-order valence-electron chi connectivity index (χ2n) is 18.2. The number of nitrogens with zero attached hydrogens (tertiary/aromatic N) is 5. The number of alkyl halides is 1. The third-order valence-corrected chi connectivity index (χ3v) is 15.9. The number of hydrogen-bond donors (Lipinski definition) is 6. The largest absolute Gasteiger partial charge is 0.357 e. The molecule has 9 unspecified atom stereocenters. The summed E-state index contributed by atoms with van der Waals surface area (Å²) in [5, 5.41) is 20.2. The van der Waals surface area contributed by atoms with Crippen molar-refractivity contribution in [3.05, 3.63) is 23.9 Å². The number of anilines is 1. The van der Waals surface area contributed by atoms with Gasteiger partial charge >= 0.3 is 0 Å². The first-order chi connectivity index (χ1) is 28.6. The fourth-order valence-electron chi connectivity index (χ4n) is 10.5. The number of halogens is 1. The van der Waals surface area contributed by atoms with Crippen LogP contribution in [0.15, 0.2) is 18.3 Å². The van der Waals surface area contributed by atoms with Crippen molar-refractivity contribution in [3.8, 4) is 0 Å². The van der Waals surface area contributed by atoms with Crippen LogP contribution in [-0.2, 0) is 19.2 Å². The fraction of sp³-hybridized carbons (Fsp3) is 0.786. The third kappa shape index (κ3) is 10.7. The second-order valence-corrected chi connectivity index (χ2v) is 20.1. The molecule has 15 nitrogen and oxygen atoms in total. The predicted octanol–water partition coefficient (Wildman–Crippen LogP) is 1.75. The molecule has 0 aromatic carbocycles. The molecule has 4 amide bonds. The first-order valence-electron chi connectivity index (χ1n) is 22.5. The van der Waals surface area contributed by atoms with Gasteiger partial charge in [-0.3, -0.25) is 50.7 Å². The lowest BCUT2D eigenvalue weighted by molar-refractivity contribution is -0.139. The van der Waals surface area contributed by atoms with Crippen LogP contribution >= 0.6 is 23.4 Å². The molecule has 1 aliphatic carbocycles. The van der Waals surface area contributed by atoms with E-state index in [1.54, 1.807) is 18.0 Å². The monoisotopic (exact) mass is 855 g/mol. The Labute approximate surface area is 359 Å². The molecule has 6 saturated heterocycles. The van der Waals surface area contributed by atoms with Gasteiger partial charge in [0.25, 0.3) is 0 Å². The van der Waals surface area contributed by atoms with Crippen LogP contribution in [0.25, 0.3) is 0 Å².